The maximum Gasteiger partial charge on any atom is 0.310 e. The Morgan fingerprint density at radius 3 is 2.80 bits per heavy atom. The second-order valence-corrected chi connectivity index (χ2v) is 4.98. The topological polar surface area (TPSA) is 78.8 Å². The summed E-state index contributed by atoms with van der Waals surface area (Å²) in [7, 11) is 0. The van der Waals surface area contributed by atoms with Crippen LogP contribution in [0.4, 0.5) is 0 Å². The molecule has 0 aromatic heterocycles. The van der Waals surface area contributed by atoms with Gasteiger partial charge in [-0.1, -0.05) is 23.3 Å². The number of rotatable bonds is 6. The minimum atomic E-state index is -0.783. The van der Waals surface area contributed by atoms with Crippen molar-refractivity contribution in [1.82, 2.24) is 5.43 Å². The number of nitrogens with one attached hydrogen (secondary N) is 1. The molecular formula is C15H20N2O3. The minimum absolute atomic E-state index is 0.414. The molecule has 0 radical (unpaired) electrons. The van der Waals surface area contributed by atoms with Crippen molar-refractivity contribution >= 4 is 18.1 Å². The number of carbonyl (C=O) groups excluding carboxylic acids is 1. The smallest absolute Gasteiger partial charge is 0.310 e. The lowest BCUT2D eigenvalue weighted by Crippen LogP contribution is -2.14. The van der Waals surface area contributed by atoms with Crippen molar-refractivity contribution in [2.45, 2.75) is 33.6 Å². The highest BCUT2D eigenvalue weighted by molar-refractivity contribution is 5.93. The van der Waals surface area contributed by atoms with Gasteiger partial charge in [0.05, 0.1) is 11.6 Å². The summed E-state index contributed by atoms with van der Waals surface area (Å²) in [6.07, 6.45) is 7.37. The first kappa shape index (κ1) is 15.9. The monoisotopic (exact) mass is 276 g/mol. The number of carbonyl (C=O) groups is 2. The first-order chi connectivity index (χ1) is 9.43. The third-order valence-electron chi connectivity index (χ3n) is 3.14. The van der Waals surface area contributed by atoms with Crippen LogP contribution in [0.3, 0.4) is 0 Å². The predicted octanol–water partition coefficient (Wildman–Crippen LogP) is 2.42. The fourth-order valence-corrected chi connectivity index (χ4v) is 2.15. The molecule has 0 fully saturated rings. The van der Waals surface area contributed by atoms with E-state index in [2.05, 4.69) is 10.5 Å². The van der Waals surface area contributed by atoms with Crippen LogP contribution < -0.4 is 5.43 Å². The zero-order valence-corrected chi connectivity index (χ0v) is 12.0. The van der Waals surface area contributed by atoms with Gasteiger partial charge in [0, 0.05) is 0 Å². The highest BCUT2D eigenvalue weighted by Gasteiger charge is 2.19. The Bertz CT molecular complexity index is 513. The summed E-state index contributed by atoms with van der Waals surface area (Å²) in [6.45, 7) is 5.76. The molecule has 20 heavy (non-hydrogen) atoms. The number of hydrazone groups is 1. The van der Waals surface area contributed by atoms with Crippen molar-refractivity contribution in [3.05, 3.63) is 34.9 Å². The molecule has 0 saturated carbocycles. The Hall–Kier alpha value is -2.17. The Labute approximate surface area is 118 Å². The SMILES string of the molecule is CC1=C(C/C(C)=C/C(C)=N\NC=O)C=CC(C(=O)O)C1. The maximum absolute atomic E-state index is 10.9. The normalized spacial score (nSPS) is 20.1. The summed E-state index contributed by atoms with van der Waals surface area (Å²) in [6, 6.07) is 0. The number of nitrogens with zero attached hydrogens (tertiary/aromatic N) is 1. The average Bonchev–Trinajstić information content (AvgIpc) is 2.38. The lowest BCUT2D eigenvalue weighted by Gasteiger charge is -2.17. The summed E-state index contributed by atoms with van der Waals surface area (Å²) in [5.41, 5.74) is 6.33. The van der Waals surface area contributed by atoms with Gasteiger partial charge < -0.3 is 5.11 Å². The maximum atomic E-state index is 10.9. The van der Waals surface area contributed by atoms with Crippen molar-refractivity contribution in [1.29, 1.82) is 0 Å². The third-order valence-corrected chi connectivity index (χ3v) is 3.14. The van der Waals surface area contributed by atoms with E-state index >= 15 is 0 Å². The molecule has 0 saturated heterocycles. The number of amides is 1. The molecule has 1 aliphatic carbocycles. The van der Waals surface area contributed by atoms with Crippen LogP contribution in [0.2, 0.25) is 0 Å². The van der Waals surface area contributed by atoms with Crippen LogP contribution in [0.1, 0.15) is 33.6 Å². The number of allylic oxidation sites excluding steroid dienone is 5. The second-order valence-electron chi connectivity index (χ2n) is 4.98. The van der Waals surface area contributed by atoms with Crippen LogP contribution in [0.25, 0.3) is 0 Å². The molecule has 0 aromatic rings. The molecule has 1 atom stereocenters. The molecule has 2 N–H and O–H groups in total. The summed E-state index contributed by atoms with van der Waals surface area (Å²) >= 11 is 0. The Morgan fingerprint density at radius 2 is 2.25 bits per heavy atom. The summed E-state index contributed by atoms with van der Waals surface area (Å²) in [4.78, 5) is 21.1. The lowest BCUT2D eigenvalue weighted by molar-refractivity contribution is -0.140. The summed E-state index contributed by atoms with van der Waals surface area (Å²) < 4.78 is 0. The molecule has 0 aliphatic heterocycles. The molecule has 0 bridgehead atoms. The fourth-order valence-electron chi connectivity index (χ4n) is 2.15. The molecule has 5 nitrogen and oxygen atoms in total. The Kier molecular flexibility index (Phi) is 5.90. The molecule has 0 spiro atoms. The first-order valence-corrected chi connectivity index (χ1v) is 6.44. The van der Waals surface area contributed by atoms with E-state index in [0.29, 0.717) is 12.8 Å². The van der Waals surface area contributed by atoms with E-state index in [1.54, 1.807) is 13.0 Å². The molecule has 0 heterocycles. The lowest BCUT2D eigenvalue weighted by atomic mass is 9.88. The van der Waals surface area contributed by atoms with E-state index in [4.69, 9.17) is 5.11 Å². The van der Waals surface area contributed by atoms with Gasteiger partial charge in [-0.3, -0.25) is 9.59 Å². The van der Waals surface area contributed by atoms with Gasteiger partial charge in [-0.05, 0) is 45.3 Å². The van der Waals surface area contributed by atoms with Crippen LogP contribution in [0.5, 0.6) is 0 Å². The van der Waals surface area contributed by atoms with Gasteiger partial charge in [0.25, 0.3) is 0 Å². The highest BCUT2D eigenvalue weighted by Crippen LogP contribution is 2.27. The molecule has 1 amide bonds. The van der Waals surface area contributed by atoms with Gasteiger partial charge in [0.2, 0.25) is 6.41 Å². The van der Waals surface area contributed by atoms with Gasteiger partial charge in [-0.2, -0.15) is 5.10 Å². The standard InChI is InChI=1S/C15H20N2O3/c1-10(6-12(3)17-16-9-18)7-13-4-5-14(15(19)20)8-11(13)2/h4-6,9,14H,7-8H2,1-3H3,(H,16,18)(H,19,20)/b10-6+,17-12-. The van der Waals surface area contributed by atoms with E-state index in [0.717, 1.165) is 28.9 Å². The van der Waals surface area contributed by atoms with Gasteiger partial charge in [-0.25, -0.2) is 5.43 Å². The molecule has 1 unspecified atom stereocenters. The van der Waals surface area contributed by atoms with E-state index in [1.165, 1.54) is 0 Å². The van der Waals surface area contributed by atoms with E-state index in [9.17, 15) is 9.59 Å². The molecule has 5 heteroatoms. The number of hydrogen-bond acceptors (Lipinski definition) is 3. The fraction of sp³-hybridized carbons (Fsp3) is 0.400. The quantitative estimate of drug-likeness (QED) is 0.444. The van der Waals surface area contributed by atoms with Crippen LogP contribution in [-0.4, -0.2) is 23.2 Å². The molecule has 1 rings (SSSR count). The van der Waals surface area contributed by atoms with E-state index in [1.807, 2.05) is 26.0 Å². The molecule has 0 aromatic carbocycles. The average molecular weight is 276 g/mol. The van der Waals surface area contributed by atoms with Crippen molar-refractivity contribution in [2.75, 3.05) is 0 Å². The zero-order valence-electron chi connectivity index (χ0n) is 12.0. The number of hydrogen-bond donors (Lipinski definition) is 2. The molecule has 108 valence electrons. The number of aliphatic carboxylic acids is 1. The van der Waals surface area contributed by atoms with Gasteiger partial charge in [0.1, 0.15) is 0 Å². The van der Waals surface area contributed by atoms with Gasteiger partial charge >= 0.3 is 5.97 Å². The third kappa shape index (κ3) is 4.84. The Morgan fingerprint density at radius 1 is 1.55 bits per heavy atom. The Balaban J connectivity index is 2.72. The molecule has 1 aliphatic rings. The zero-order chi connectivity index (χ0) is 15.1. The summed E-state index contributed by atoms with van der Waals surface area (Å²) in [5, 5.41) is 12.8. The highest BCUT2D eigenvalue weighted by atomic mass is 16.4. The van der Waals surface area contributed by atoms with Gasteiger partial charge in [-0.15, -0.1) is 0 Å². The van der Waals surface area contributed by atoms with Crippen LogP contribution in [0, 0.1) is 5.92 Å². The van der Waals surface area contributed by atoms with Crippen LogP contribution >= 0.6 is 0 Å². The minimum Gasteiger partial charge on any atom is -0.481 e. The largest absolute Gasteiger partial charge is 0.481 e. The second kappa shape index (κ2) is 7.43. The van der Waals surface area contributed by atoms with E-state index in [-0.39, 0.29) is 0 Å². The van der Waals surface area contributed by atoms with Crippen molar-refractivity contribution in [2.24, 2.45) is 11.0 Å². The van der Waals surface area contributed by atoms with E-state index < -0.39 is 11.9 Å². The van der Waals surface area contributed by atoms with Crippen molar-refractivity contribution in [3.63, 3.8) is 0 Å². The van der Waals surface area contributed by atoms with Crippen LogP contribution in [-0.2, 0) is 9.59 Å². The number of carboxylic acids is 1. The van der Waals surface area contributed by atoms with Crippen molar-refractivity contribution < 1.29 is 14.7 Å². The summed E-state index contributed by atoms with van der Waals surface area (Å²) in [5.74, 6) is -1.20. The van der Waals surface area contributed by atoms with Crippen LogP contribution in [0.15, 0.2) is 40.0 Å². The van der Waals surface area contributed by atoms with Crippen molar-refractivity contribution in [3.8, 4) is 0 Å². The predicted molar refractivity (Wildman–Crippen MR) is 78.3 cm³/mol. The number of carboxylic acid groups (broad SMARTS) is 1. The first-order valence-electron chi connectivity index (χ1n) is 6.44. The molecular weight excluding hydrogens is 256 g/mol. The van der Waals surface area contributed by atoms with Gasteiger partial charge in [0.15, 0.2) is 0 Å².